The number of hydrogen-bond donors (Lipinski definition) is 2. The van der Waals surface area contributed by atoms with Crippen LogP contribution in [0.1, 0.15) is 51.1 Å². The van der Waals surface area contributed by atoms with E-state index in [-0.39, 0.29) is 12.1 Å². The molecule has 0 radical (unpaired) electrons. The second-order valence-corrected chi connectivity index (χ2v) is 6.24. The van der Waals surface area contributed by atoms with Gasteiger partial charge in [0.15, 0.2) is 0 Å². The lowest BCUT2D eigenvalue weighted by Gasteiger charge is -2.28. The molecule has 1 fully saturated rings. The van der Waals surface area contributed by atoms with Crippen LogP contribution < -0.4 is 10.6 Å². The van der Waals surface area contributed by atoms with Gasteiger partial charge in [-0.25, -0.2) is 4.79 Å². The molecule has 6 nitrogen and oxygen atoms in total. The average molecular weight is 308 g/mol. The van der Waals surface area contributed by atoms with E-state index in [1.807, 2.05) is 20.2 Å². The van der Waals surface area contributed by atoms with E-state index in [9.17, 15) is 4.79 Å². The van der Waals surface area contributed by atoms with Crippen molar-refractivity contribution in [1.82, 2.24) is 20.4 Å². The lowest BCUT2D eigenvalue weighted by Crippen LogP contribution is -2.39. The van der Waals surface area contributed by atoms with Crippen molar-refractivity contribution in [3.8, 4) is 0 Å². The summed E-state index contributed by atoms with van der Waals surface area (Å²) in [5.41, 5.74) is 0.991. The number of rotatable bonds is 6. The number of nitrogens with one attached hydrogen (secondary N) is 2. The number of hydrogen-bond acceptors (Lipinski definition) is 3. The van der Waals surface area contributed by atoms with E-state index >= 15 is 0 Å². The predicted octanol–water partition coefficient (Wildman–Crippen LogP) is 2.38. The first kappa shape index (κ1) is 16.8. The molecule has 0 aliphatic heterocycles. The Kier molecular flexibility index (Phi) is 6.24. The van der Waals surface area contributed by atoms with E-state index in [0.717, 1.165) is 12.0 Å². The Hall–Kier alpha value is -1.56. The number of carbonyl (C=O) groups is 1. The van der Waals surface area contributed by atoms with Gasteiger partial charge in [-0.1, -0.05) is 19.8 Å². The summed E-state index contributed by atoms with van der Waals surface area (Å²) in [7, 11) is 1.86. The Morgan fingerprint density at radius 1 is 1.50 bits per heavy atom. The summed E-state index contributed by atoms with van der Waals surface area (Å²) in [6.07, 6.45) is 8.98. The Labute approximate surface area is 132 Å². The number of ether oxygens (including phenoxy) is 1. The maximum atomic E-state index is 11.8. The van der Waals surface area contributed by atoms with E-state index in [4.69, 9.17) is 4.74 Å². The van der Waals surface area contributed by atoms with Crippen LogP contribution in [0.15, 0.2) is 12.4 Å². The van der Waals surface area contributed by atoms with Crippen LogP contribution in [0, 0.1) is 5.92 Å². The van der Waals surface area contributed by atoms with Crippen LogP contribution in [0.3, 0.4) is 0 Å². The molecule has 2 amide bonds. The van der Waals surface area contributed by atoms with Crippen LogP contribution in [0.5, 0.6) is 0 Å². The minimum Gasteiger partial charge on any atom is -0.376 e. The highest BCUT2D eigenvalue weighted by Gasteiger charge is 2.21. The van der Waals surface area contributed by atoms with Crippen molar-refractivity contribution in [2.24, 2.45) is 13.0 Å². The Bertz CT molecular complexity index is 474. The average Bonchev–Trinajstić information content (AvgIpc) is 2.92. The molecule has 124 valence electrons. The van der Waals surface area contributed by atoms with Gasteiger partial charge in [-0.15, -0.1) is 0 Å². The fraction of sp³-hybridized carbons (Fsp3) is 0.750. The normalized spacial score (nSPS) is 23.0. The first-order valence-corrected chi connectivity index (χ1v) is 8.20. The first-order chi connectivity index (χ1) is 10.6. The molecule has 0 bridgehead atoms. The molecule has 0 unspecified atom stereocenters. The van der Waals surface area contributed by atoms with Gasteiger partial charge in [0.05, 0.1) is 24.9 Å². The van der Waals surface area contributed by atoms with Gasteiger partial charge in [0, 0.05) is 25.4 Å². The van der Waals surface area contributed by atoms with Crippen molar-refractivity contribution in [3.63, 3.8) is 0 Å². The molecule has 1 aromatic heterocycles. The van der Waals surface area contributed by atoms with Gasteiger partial charge in [-0.05, 0) is 25.7 Å². The topological polar surface area (TPSA) is 68.2 Å². The first-order valence-electron chi connectivity index (χ1n) is 8.20. The predicted molar refractivity (Wildman–Crippen MR) is 85.5 cm³/mol. The van der Waals surface area contributed by atoms with Crippen molar-refractivity contribution >= 4 is 6.03 Å². The number of amides is 2. The zero-order valence-electron chi connectivity index (χ0n) is 13.8. The molecular weight excluding hydrogens is 280 g/mol. The number of aromatic nitrogens is 2. The van der Waals surface area contributed by atoms with Gasteiger partial charge in [0.2, 0.25) is 0 Å². The van der Waals surface area contributed by atoms with Gasteiger partial charge < -0.3 is 15.4 Å². The molecule has 1 heterocycles. The van der Waals surface area contributed by atoms with Gasteiger partial charge in [-0.3, -0.25) is 4.68 Å². The molecule has 1 aromatic rings. The Morgan fingerprint density at radius 3 is 2.95 bits per heavy atom. The molecule has 22 heavy (non-hydrogen) atoms. The van der Waals surface area contributed by atoms with E-state index in [1.165, 1.54) is 19.3 Å². The molecule has 0 aromatic carbocycles. The van der Waals surface area contributed by atoms with Gasteiger partial charge in [-0.2, -0.15) is 5.10 Å². The van der Waals surface area contributed by atoms with Crippen molar-refractivity contribution in [2.45, 2.75) is 51.7 Å². The van der Waals surface area contributed by atoms with Crippen molar-refractivity contribution in [2.75, 3.05) is 13.2 Å². The van der Waals surface area contributed by atoms with Crippen molar-refractivity contribution in [1.29, 1.82) is 0 Å². The maximum absolute atomic E-state index is 11.8. The van der Waals surface area contributed by atoms with Crippen LogP contribution in [-0.4, -0.2) is 35.1 Å². The number of urea groups is 1. The van der Waals surface area contributed by atoms with E-state index < -0.39 is 0 Å². The standard InChI is InChI=1S/C16H28N4O2/c1-12-6-4-5-7-15(12)22-9-8-17-16(21)19-13(2)14-10-18-20(3)11-14/h10-13,15H,4-9H2,1-3H3,(H2,17,19,21)/t12-,13-,15+/m0/s1. The highest BCUT2D eigenvalue weighted by molar-refractivity contribution is 5.74. The van der Waals surface area contributed by atoms with Crippen molar-refractivity contribution < 1.29 is 9.53 Å². The van der Waals surface area contributed by atoms with E-state index in [0.29, 0.717) is 25.2 Å². The smallest absolute Gasteiger partial charge is 0.315 e. The third-order valence-corrected chi connectivity index (χ3v) is 4.32. The molecule has 0 spiro atoms. The third kappa shape index (κ3) is 5.02. The van der Waals surface area contributed by atoms with Gasteiger partial charge >= 0.3 is 6.03 Å². The minimum absolute atomic E-state index is 0.0621. The van der Waals surface area contributed by atoms with Crippen LogP contribution in [0.25, 0.3) is 0 Å². The summed E-state index contributed by atoms with van der Waals surface area (Å²) in [5.74, 6) is 0.633. The number of aryl methyl sites for hydroxylation is 1. The molecule has 6 heteroatoms. The highest BCUT2D eigenvalue weighted by Crippen LogP contribution is 2.25. The zero-order chi connectivity index (χ0) is 15.9. The highest BCUT2D eigenvalue weighted by atomic mass is 16.5. The molecule has 1 saturated carbocycles. The van der Waals surface area contributed by atoms with Gasteiger partial charge in [0.25, 0.3) is 0 Å². The number of nitrogens with zero attached hydrogens (tertiary/aromatic N) is 2. The lowest BCUT2D eigenvalue weighted by molar-refractivity contribution is -0.00244. The quantitative estimate of drug-likeness (QED) is 0.793. The Morgan fingerprint density at radius 2 is 2.27 bits per heavy atom. The van der Waals surface area contributed by atoms with Crippen LogP contribution >= 0.6 is 0 Å². The molecule has 2 rings (SSSR count). The molecular formula is C16H28N4O2. The summed E-state index contributed by atoms with van der Waals surface area (Å²) in [5, 5.41) is 9.84. The summed E-state index contributed by atoms with van der Waals surface area (Å²) < 4.78 is 7.61. The van der Waals surface area contributed by atoms with E-state index in [2.05, 4.69) is 22.7 Å². The van der Waals surface area contributed by atoms with E-state index in [1.54, 1.807) is 10.9 Å². The molecule has 3 atom stereocenters. The third-order valence-electron chi connectivity index (χ3n) is 4.32. The second kappa shape index (κ2) is 8.17. The Balaban J connectivity index is 1.61. The summed E-state index contributed by atoms with van der Waals surface area (Å²) in [6.45, 7) is 5.30. The summed E-state index contributed by atoms with van der Waals surface area (Å²) >= 11 is 0. The fourth-order valence-corrected chi connectivity index (χ4v) is 2.90. The van der Waals surface area contributed by atoms with Crippen LogP contribution in [-0.2, 0) is 11.8 Å². The minimum atomic E-state index is -0.170. The SMILES string of the molecule is C[C@H](NC(=O)NCCO[C@@H]1CCCC[C@@H]1C)c1cnn(C)c1. The van der Waals surface area contributed by atoms with Crippen molar-refractivity contribution in [3.05, 3.63) is 18.0 Å². The lowest BCUT2D eigenvalue weighted by atomic mass is 9.88. The fourth-order valence-electron chi connectivity index (χ4n) is 2.90. The van der Waals surface area contributed by atoms with Crippen LogP contribution in [0.4, 0.5) is 4.79 Å². The van der Waals surface area contributed by atoms with Gasteiger partial charge in [0.1, 0.15) is 0 Å². The largest absolute Gasteiger partial charge is 0.376 e. The molecule has 0 saturated heterocycles. The zero-order valence-corrected chi connectivity index (χ0v) is 13.8. The molecule has 2 N–H and O–H groups in total. The summed E-state index contributed by atoms with van der Waals surface area (Å²) in [6, 6.07) is -0.232. The summed E-state index contributed by atoms with van der Waals surface area (Å²) in [4.78, 5) is 11.8. The molecule has 1 aliphatic rings. The second-order valence-electron chi connectivity index (χ2n) is 6.24. The molecule has 1 aliphatic carbocycles. The maximum Gasteiger partial charge on any atom is 0.315 e. The number of carbonyl (C=O) groups excluding carboxylic acids is 1. The monoisotopic (exact) mass is 308 g/mol. The van der Waals surface area contributed by atoms with Crippen LogP contribution in [0.2, 0.25) is 0 Å².